The lowest BCUT2D eigenvalue weighted by Gasteiger charge is -2.31. The SMILES string of the molecule is Cc1csc(CN2CCOc3c(C(=O)O)cccc32)n1. The normalized spacial score (nSPS) is 13.8. The predicted octanol–water partition coefficient (Wildman–Crippen LogP) is 2.55. The fourth-order valence-corrected chi connectivity index (χ4v) is 3.06. The number of aromatic nitrogens is 1. The zero-order valence-electron chi connectivity index (χ0n) is 11.0. The number of carboxylic acids is 1. The van der Waals surface area contributed by atoms with Crippen LogP contribution in [0.4, 0.5) is 5.69 Å². The third kappa shape index (κ3) is 2.34. The van der Waals surface area contributed by atoms with E-state index >= 15 is 0 Å². The van der Waals surface area contributed by atoms with E-state index in [1.165, 1.54) is 0 Å². The molecular formula is C14H14N2O3S. The molecule has 1 N–H and O–H groups in total. The lowest BCUT2D eigenvalue weighted by Crippen LogP contribution is -2.32. The van der Waals surface area contributed by atoms with E-state index < -0.39 is 5.97 Å². The minimum Gasteiger partial charge on any atom is -0.489 e. The second-order valence-corrected chi connectivity index (χ2v) is 5.55. The van der Waals surface area contributed by atoms with Gasteiger partial charge in [0, 0.05) is 11.1 Å². The minimum atomic E-state index is -0.964. The summed E-state index contributed by atoms with van der Waals surface area (Å²) >= 11 is 1.62. The number of thiazole rings is 1. The van der Waals surface area contributed by atoms with Gasteiger partial charge in [0.15, 0.2) is 5.75 Å². The van der Waals surface area contributed by atoms with Crippen molar-refractivity contribution in [1.29, 1.82) is 0 Å². The highest BCUT2D eigenvalue weighted by molar-refractivity contribution is 7.09. The standard InChI is InChI=1S/C14H14N2O3S/c1-9-8-20-12(15-9)7-16-5-6-19-13-10(14(17)18)3-2-4-11(13)16/h2-4,8H,5-7H2,1H3,(H,17,18). The predicted molar refractivity (Wildman–Crippen MR) is 76.8 cm³/mol. The van der Waals surface area contributed by atoms with Gasteiger partial charge in [-0.15, -0.1) is 11.3 Å². The highest BCUT2D eigenvalue weighted by atomic mass is 32.1. The number of ether oxygens (including phenoxy) is 1. The van der Waals surface area contributed by atoms with E-state index in [0.717, 1.165) is 22.9 Å². The number of aryl methyl sites for hydroxylation is 1. The second-order valence-electron chi connectivity index (χ2n) is 4.61. The molecule has 0 aliphatic carbocycles. The average Bonchev–Trinajstić information content (AvgIpc) is 2.84. The number of rotatable bonds is 3. The van der Waals surface area contributed by atoms with Gasteiger partial charge in [-0.05, 0) is 19.1 Å². The van der Waals surface area contributed by atoms with Crippen LogP contribution in [0.15, 0.2) is 23.6 Å². The van der Waals surface area contributed by atoms with Gasteiger partial charge >= 0.3 is 5.97 Å². The van der Waals surface area contributed by atoms with Gasteiger partial charge in [-0.1, -0.05) is 6.07 Å². The Morgan fingerprint density at radius 1 is 1.55 bits per heavy atom. The van der Waals surface area contributed by atoms with E-state index in [2.05, 4.69) is 9.88 Å². The van der Waals surface area contributed by atoms with Gasteiger partial charge in [0.25, 0.3) is 0 Å². The van der Waals surface area contributed by atoms with E-state index in [-0.39, 0.29) is 5.56 Å². The third-order valence-electron chi connectivity index (χ3n) is 3.17. The Balaban J connectivity index is 1.94. The molecule has 0 saturated heterocycles. The maximum Gasteiger partial charge on any atom is 0.339 e. The number of para-hydroxylation sites is 1. The molecule has 0 bridgehead atoms. The molecule has 1 aromatic heterocycles. The van der Waals surface area contributed by atoms with Crippen molar-refractivity contribution >= 4 is 23.0 Å². The van der Waals surface area contributed by atoms with Gasteiger partial charge in [-0.2, -0.15) is 0 Å². The first kappa shape index (κ1) is 12.9. The topological polar surface area (TPSA) is 62.7 Å². The zero-order valence-corrected chi connectivity index (χ0v) is 11.8. The number of hydrogen-bond donors (Lipinski definition) is 1. The van der Waals surface area contributed by atoms with Crippen molar-refractivity contribution < 1.29 is 14.6 Å². The Kier molecular flexibility index (Phi) is 3.31. The highest BCUT2D eigenvalue weighted by Crippen LogP contribution is 2.35. The molecule has 0 amide bonds. The molecule has 104 valence electrons. The molecular weight excluding hydrogens is 276 g/mol. The van der Waals surface area contributed by atoms with Crippen LogP contribution in [-0.4, -0.2) is 29.2 Å². The van der Waals surface area contributed by atoms with Crippen molar-refractivity contribution in [3.8, 4) is 5.75 Å². The molecule has 2 aromatic rings. The van der Waals surface area contributed by atoms with Crippen LogP contribution in [0.1, 0.15) is 21.1 Å². The number of benzene rings is 1. The van der Waals surface area contributed by atoms with Crippen molar-refractivity contribution in [3.63, 3.8) is 0 Å². The molecule has 6 heteroatoms. The Hall–Kier alpha value is -2.08. The van der Waals surface area contributed by atoms with Gasteiger partial charge < -0.3 is 14.7 Å². The van der Waals surface area contributed by atoms with Gasteiger partial charge in [-0.25, -0.2) is 9.78 Å². The Morgan fingerprint density at radius 3 is 3.10 bits per heavy atom. The lowest BCUT2D eigenvalue weighted by atomic mass is 10.1. The largest absolute Gasteiger partial charge is 0.489 e. The molecule has 0 atom stereocenters. The van der Waals surface area contributed by atoms with Gasteiger partial charge in [0.2, 0.25) is 0 Å². The van der Waals surface area contributed by atoms with Crippen molar-refractivity contribution in [2.24, 2.45) is 0 Å². The lowest BCUT2D eigenvalue weighted by molar-refractivity contribution is 0.0692. The van der Waals surface area contributed by atoms with Crippen LogP contribution in [0.5, 0.6) is 5.75 Å². The molecule has 2 heterocycles. The summed E-state index contributed by atoms with van der Waals surface area (Å²) in [6.45, 7) is 3.87. The summed E-state index contributed by atoms with van der Waals surface area (Å²) in [5, 5.41) is 12.3. The van der Waals surface area contributed by atoms with E-state index in [0.29, 0.717) is 18.9 Å². The van der Waals surface area contributed by atoms with Crippen LogP contribution < -0.4 is 9.64 Å². The molecule has 0 unspecified atom stereocenters. The quantitative estimate of drug-likeness (QED) is 0.941. The van der Waals surface area contributed by atoms with Gasteiger partial charge in [-0.3, -0.25) is 0 Å². The van der Waals surface area contributed by atoms with E-state index in [4.69, 9.17) is 4.74 Å². The third-order valence-corrected chi connectivity index (χ3v) is 4.12. The smallest absolute Gasteiger partial charge is 0.339 e. The van der Waals surface area contributed by atoms with Crippen molar-refractivity contribution in [2.45, 2.75) is 13.5 Å². The summed E-state index contributed by atoms with van der Waals surface area (Å²) < 4.78 is 5.55. The Morgan fingerprint density at radius 2 is 2.40 bits per heavy atom. The number of aromatic carboxylic acids is 1. The van der Waals surface area contributed by atoms with Crippen molar-refractivity contribution in [1.82, 2.24) is 4.98 Å². The van der Waals surface area contributed by atoms with Gasteiger partial charge in [0.1, 0.15) is 17.2 Å². The maximum atomic E-state index is 11.2. The van der Waals surface area contributed by atoms with E-state index in [1.807, 2.05) is 18.4 Å². The van der Waals surface area contributed by atoms with Crippen LogP contribution in [0, 0.1) is 6.92 Å². The monoisotopic (exact) mass is 290 g/mol. The zero-order chi connectivity index (χ0) is 14.1. The van der Waals surface area contributed by atoms with Crippen LogP contribution in [0.3, 0.4) is 0 Å². The maximum absolute atomic E-state index is 11.2. The van der Waals surface area contributed by atoms with Crippen LogP contribution in [0.25, 0.3) is 0 Å². The fourth-order valence-electron chi connectivity index (χ4n) is 2.28. The summed E-state index contributed by atoms with van der Waals surface area (Å²) in [5.41, 5.74) is 2.05. The Bertz CT molecular complexity index is 654. The van der Waals surface area contributed by atoms with Crippen LogP contribution in [0.2, 0.25) is 0 Å². The molecule has 1 aromatic carbocycles. The molecule has 1 aliphatic rings. The summed E-state index contributed by atoms with van der Waals surface area (Å²) in [4.78, 5) is 17.8. The van der Waals surface area contributed by atoms with Gasteiger partial charge in [0.05, 0.1) is 18.8 Å². The second kappa shape index (κ2) is 5.13. The number of anilines is 1. The van der Waals surface area contributed by atoms with E-state index in [1.54, 1.807) is 23.5 Å². The molecule has 0 fully saturated rings. The first-order chi connectivity index (χ1) is 9.65. The highest BCUT2D eigenvalue weighted by Gasteiger charge is 2.24. The molecule has 3 rings (SSSR count). The van der Waals surface area contributed by atoms with Crippen LogP contribution in [-0.2, 0) is 6.54 Å². The first-order valence-corrected chi connectivity index (χ1v) is 7.18. The van der Waals surface area contributed by atoms with E-state index in [9.17, 15) is 9.90 Å². The number of carboxylic acid groups (broad SMARTS) is 1. The number of carbonyl (C=O) groups is 1. The molecule has 0 spiro atoms. The summed E-state index contributed by atoms with van der Waals surface area (Å²) in [6, 6.07) is 5.21. The average molecular weight is 290 g/mol. The fraction of sp³-hybridized carbons (Fsp3) is 0.286. The summed E-state index contributed by atoms with van der Waals surface area (Å²) in [5.74, 6) is -0.506. The molecule has 5 nitrogen and oxygen atoms in total. The Labute approximate surface area is 120 Å². The molecule has 1 aliphatic heterocycles. The first-order valence-electron chi connectivity index (χ1n) is 6.30. The molecule has 20 heavy (non-hydrogen) atoms. The number of hydrogen-bond acceptors (Lipinski definition) is 5. The summed E-state index contributed by atoms with van der Waals surface area (Å²) in [6.07, 6.45) is 0. The molecule has 0 saturated carbocycles. The molecule has 0 radical (unpaired) electrons. The van der Waals surface area contributed by atoms with Crippen LogP contribution >= 0.6 is 11.3 Å². The van der Waals surface area contributed by atoms with Crippen molar-refractivity contribution in [3.05, 3.63) is 39.8 Å². The minimum absolute atomic E-state index is 0.211. The van der Waals surface area contributed by atoms with Crippen molar-refractivity contribution in [2.75, 3.05) is 18.1 Å². The number of nitrogens with zero attached hydrogens (tertiary/aromatic N) is 2. The number of fused-ring (bicyclic) bond motifs is 1. The summed E-state index contributed by atoms with van der Waals surface area (Å²) in [7, 11) is 0.